The third kappa shape index (κ3) is 5.15. The molecule has 1 fully saturated rings. The number of nitrogens with zero attached hydrogens (tertiary/aromatic N) is 4. The lowest BCUT2D eigenvalue weighted by atomic mass is 9.88. The number of pyridine rings is 1. The van der Waals surface area contributed by atoms with Crippen LogP contribution in [-0.4, -0.2) is 50.9 Å². The van der Waals surface area contributed by atoms with E-state index in [1.54, 1.807) is 17.2 Å². The van der Waals surface area contributed by atoms with Gasteiger partial charge < -0.3 is 10.0 Å². The van der Waals surface area contributed by atoms with Crippen molar-refractivity contribution < 1.29 is 14.3 Å². The normalized spacial score (nSPS) is 15.9. The molecule has 162 valence electrons. The summed E-state index contributed by atoms with van der Waals surface area (Å²) in [6.07, 6.45) is 4.42. The monoisotopic (exact) mass is 440 g/mol. The van der Waals surface area contributed by atoms with Crippen LogP contribution in [-0.2, 0) is 18.7 Å². The van der Waals surface area contributed by atoms with Crippen LogP contribution in [0.15, 0.2) is 54.2 Å². The molecule has 0 atom stereocenters. The number of thiazole rings is 1. The third-order valence-corrected chi connectivity index (χ3v) is 6.39. The van der Waals surface area contributed by atoms with Crippen LogP contribution >= 0.6 is 11.3 Å². The van der Waals surface area contributed by atoms with E-state index < -0.39 is 11.4 Å². The molecule has 0 aliphatic carbocycles. The van der Waals surface area contributed by atoms with E-state index in [0.717, 1.165) is 17.1 Å². The van der Waals surface area contributed by atoms with Crippen LogP contribution in [0.25, 0.3) is 0 Å². The van der Waals surface area contributed by atoms with E-state index in [2.05, 4.69) is 14.9 Å². The first kappa shape index (κ1) is 21.5. The predicted molar refractivity (Wildman–Crippen MR) is 117 cm³/mol. The summed E-state index contributed by atoms with van der Waals surface area (Å²) in [4.78, 5) is 25.3. The zero-order valence-corrected chi connectivity index (χ0v) is 18.2. The van der Waals surface area contributed by atoms with Gasteiger partial charge in [0.25, 0.3) is 5.91 Å². The lowest BCUT2D eigenvalue weighted by molar-refractivity contribution is -0.0241. The Morgan fingerprint density at radius 3 is 2.77 bits per heavy atom. The summed E-state index contributed by atoms with van der Waals surface area (Å²) >= 11 is 1.54. The topological polar surface area (TPSA) is 69.6 Å². The Labute approximate surface area is 185 Å². The van der Waals surface area contributed by atoms with Crippen LogP contribution in [0.2, 0.25) is 0 Å². The highest BCUT2D eigenvalue weighted by atomic mass is 32.1. The van der Waals surface area contributed by atoms with Crippen LogP contribution in [0.5, 0.6) is 0 Å². The molecule has 0 radical (unpaired) electrons. The molecule has 1 amide bonds. The van der Waals surface area contributed by atoms with Crippen molar-refractivity contribution in [3.8, 4) is 0 Å². The minimum absolute atomic E-state index is 0.211. The van der Waals surface area contributed by atoms with Crippen LogP contribution in [0.4, 0.5) is 4.39 Å². The molecule has 2 aromatic heterocycles. The van der Waals surface area contributed by atoms with Gasteiger partial charge in [-0.3, -0.25) is 14.7 Å². The molecular weight excluding hydrogens is 415 g/mol. The van der Waals surface area contributed by atoms with Crippen molar-refractivity contribution in [1.82, 2.24) is 19.8 Å². The van der Waals surface area contributed by atoms with E-state index in [1.807, 2.05) is 30.8 Å². The molecule has 3 aromatic rings. The molecule has 0 unspecified atom stereocenters. The Kier molecular flexibility index (Phi) is 6.41. The Balaban J connectivity index is 1.35. The number of rotatable bonds is 6. The van der Waals surface area contributed by atoms with Gasteiger partial charge in [0.2, 0.25) is 0 Å². The molecule has 3 heterocycles. The van der Waals surface area contributed by atoms with Gasteiger partial charge in [-0.2, -0.15) is 0 Å². The van der Waals surface area contributed by atoms with Crippen LogP contribution in [0.3, 0.4) is 0 Å². The summed E-state index contributed by atoms with van der Waals surface area (Å²) in [5, 5.41) is 14.0. The van der Waals surface area contributed by atoms with E-state index in [4.69, 9.17) is 0 Å². The molecule has 0 saturated carbocycles. The van der Waals surface area contributed by atoms with E-state index >= 15 is 0 Å². The first-order valence-electron chi connectivity index (χ1n) is 10.2. The lowest BCUT2D eigenvalue weighted by Gasteiger charge is -2.37. The molecule has 0 bridgehead atoms. The van der Waals surface area contributed by atoms with Gasteiger partial charge in [-0.05, 0) is 49.7 Å². The smallest absolute Gasteiger partial charge is 0.253 e. The summed E-state index contributed by atoms with van der Waals surface area (Å²) in [6, 6.07) is 9.67. The number of carbonyl (C=O) groups excluding carboxylic acids is 1. The van der Waals surface area contributed by atoms with E-state index in [-0.39, 0.29) is 5.91 Å². The zero-order chi connectivity index (χ0) is 21.8. The second-order valence-corrected chi connectivity index (χ2v) is 8.94. The first-order chi connectivity index (χ1) is 14.9. The molecule has 1 aliphatic rings. The Bertz CT molecular complexity index is 1030. The van der Waals surface area contributed by atoms with Crippen molar-refractivity contribution in [3.05, 3.63) is 81.8 Å². The van der Waals surface area contributed by atoms with Crippen LogP contribution in [0, 0.1) is 5.82 Å². The van der Waals surface area contributed by atoms with Gasteiger partial charge in [-0.25, -0.2) is 9.37 Å². The molecular formula is C23H25FN4O2S. The number of aromatic nitrogens is 2. The molecule has 6 nitrogen and oxygen atoms in total. The van der Waals surface area contributed by atoms with Crippen molar-refractivity contribution in [3.63, 3.8) is 0 Å². The number of piperidine rings is 1. The molecule has 8 heteroatoms. The fourth-order valence-corrected chi connectivity index (χ4v) is 4.79. The second kappa shape index (κ2) is 9.21. The van der Waals surface area contributed by atoms with Crippen molar-refractivity contribution in [2.75, 3.05) is 20.1 Å². The minimum Gasteiger partial charge on any atom is -0.383 e. The highest BCUT2D eigenvalue weighted by molar-refractivity contribution is 7.09. The molecule has 1 saturated heterocycles. The fourth-order valence-electron chi connectivity index (χ4n) is 3.83. The zero-order valence-electron chi connectivity index (χ0n) is 17.4. The summed E-state index contributed by atoms with van der Waals surface area (Å²) in [5.41, 5.74) is 1.09. The van der Waals surface area contributed by atoms with Crippen molar-refractivity contribution in [2.24, 2.45) is 0 Å². The van der Waals surface area contributed by atoms with E-state index in [9.17, 15) is 14.3 Å². The van der Waals surface area contributed by atoms with E-state index in [1.165, 1.54) is 29.5 Å². The maximum absolute atomic E-state index is 13.4. The number of benzene rings is 1. The summed E-state index contributed by atoms with van der Waals surface area (Å²) in [7, 11) is 2.03. The van der Waals surface area contributed by atoms with Gasteiger partial charge in [-0.1, -0.05) is 12.1 Å². The van der Waals surface area contributed by atoms with Gasteiger partial charge in [0.1, 0.15) is 16.4 Å². The highest BCUT2D eigenvalue weighted by Crippen LogP contribution is 2.34. The quantitative estimate of drug-likeness (QED) is 0.636. The minimum atomic E-state index is -1.05. The third-order valence-electron chi connectivity index (χ3n) is 5.56. The Morgan fingerprint density at radius 1 is 1.26 bits per heavy atom. The molecule has 0 spiro atoms. The summed E-state index contributed by atoms with van der Waals surface area (Å²) in [5.74, 6) is -0.639. The molecule has 1 aromatic carbocycles. The number of amides is 1. The summed E-state index contributed by atoms with van der Waals surface area (Å²) in [6.45, 7) is 2.25. The predicted octanol–water partition coefficient (Wildman–Crippen LogP) is 3.43. The van der Waals surface area contributed by atoms with E-state index in [0.29, 0.717) is 43.7 Å². The molecule has 4 rings (SSSR count). The average molecular weight is 441 g/mol. The molecule has 1 aliphatic heterocycles. The number of likely N-dealkylation sites (tertiary alicyclic amines) is 1. The summed E-state index contributed by atoms with van der Waals surface area (Å²) < 4.78 is 13.4. The first-order valence-corrected chi connectivity index (χ1v) is 11.1. The maximum Gasteiger partial charge on any atom is 0.253 e. The maximum atomic E-state index is 13.4. The Morgan fingerprint density at radius 2 is 2.06 bits per heavy atom. The Hall–Kier alpha value is -2.68. The van der Waals surface area contributed by atoms with Gasteiger partial charge in [0.15, 0.2) is 0 Å². The number of hydrogen-bond donors (Lipinski definition) is 1. The standard InChI is InChI=1S/C23H25FN4O2S/c1-27(14-17-4-3-9-25-13-17)15-21-26-20(16-31-21)23(30)7-10-28(11-8-23)22(29)18-5-2-6-19(24)12-18/h2-6,9,12-13,16,30H,7-8,10-11,14-15H2,1H3. The molecule has 31 heavy (non-hydrogen) atoms. The fraction of sp³-hybridized carbons (Fsp3) is 0.348. The van der Waals surface area contributed by atoms with Gasteiger partial charge in [0.05, 0.1) is 12.2 Å². The van der Waals surface area contributed by atoms with Gasteiger partial charge in [0, 0.05) is 43.0 Å². The highest BCUT2D eigenvalue weighted by Gasteiger charge is 2.37. The average Bonchev–Trinajstić information content (AvgIpc) is 3.24. The number of aliphatic hydroxyl groups is 1. The van der Waals surface area contributed by atoms with Crippen molar-refractivity contribution >= 4 is 17.2 Å². The second-order valence-electron chi connectivity index (χ2n) is 7.99. The van der Waals surface area contributed by atoms with Crippen molar-refractivity contribution in [1.29, 1.82) is 0 Å². The van der Waals surface area contributed by atoms with Gasteiger partial charge in [-0.15, -0.1) is 11.3 Å². The SMILES string of the molecule is CN(Cc1cccnc1)Cc1nc(C2(O)CCN(C(=O)c3cccc(F)c3)CC2)cs1. The number of halogens is 1. The van der Waals surface area contributed by atoms with Crippen LogP contribution in [0.1, 0.15) is 39.5 Å². The number of carbonyl (C=O) groups is 1. The number of hydrogen-bond acceptors (Lipinski definition) is 6. The van der Waals surface area contributed by atoms with Crippen LogP contribution < -0.4 is 0 Å². The van der Waals surface area contributed by atoms with Gasteiger partial charge >= 0.3 is 0 Å². The lowest BCUT2D eigenvalue weighted by Crippen LogP contribution is -2.45. The van der Waals surface area contributed by atoms with Crippen molar-refractivity contribution in [2.45, 2.75) is 31.5 Å². The largest absolute Gasteiger partial charge is 0.383 e. The molecule has 1 N–H and O–H groups in total.